The van der Waals surface area contributed by atoms with E-state index in [1.807, 2.05) is 0 Å². The van der Waals surface area contributed by atoms with Crippen molar-refractivity contribution in [2.24, 2.45) is 0 Å². The number of nitrogens with one attached hydrogen (secondary N) is 1. The van der Waals surface area contributed by atoms with Crippen LogP contribution >= 0.6 is 0 Å². The van der Waals surface area contributed by atoms with Crippen LogP contribution in [0.1, 0.15) is 36.9 Å². The summed E-state index contributed by atoms with van der Waals surface area (Å²) in [4.78, 5) is 17.2. The Kier molecular flexibility index (Phi) is 7.39. The van der Waals surface area contributed by atoms with E-state index < -0.39 is 0 Å². The Hall–Kier alpha value is -2.22. The summed E-state index contributed by atoms with van der Waals surface area (Å²) >= 11 is 0. The number of ether oxygens (including phenoxy) is 1. The predicted molar refractivity (Wildman–Crippen MR) is 133 cm³/mol. The average molecular weight is 451 g/mol. The molecule has 0 aliphatic carbocycles. The quantitative estimate of drug-likeness (QED) is 0.725. The second-order valence-electron chi connectivity index (χ2n) is 9.74. The van der Waals surface area contributed by atoms with Gasteiger partial charge in [0.25, 0.3) is 0 Å². The van der Waals surface area contributed by atoms with E-state index in [0.29, 0.717) is 12.1 Å². The molecule has 178 valence electrons. The number of piperidine rings is 2. The number of rotatable bonds is 6. The number of benzene rings is 1. The molecular weight excluding hydrogens is 412 g/mol. The van der Waals surface area contributed by atoms with Crippen molar-refractivity contribution in [3.8, 4) is 0 Å². The molecule has 1 N–H and O–H groups in total. The molecule has 0 bridgehead atoms. The van der Waals surface area contributed by atoms with Crippen LogP contribution in [-0.2, 0) is 11.3 Å². The number of anilines is 2. The van der Waals surface area contributed by atoms with Gasteiger partial charge in [-0.3, -0.25) is 9.80 Å². The number of aromatic nitrogens is 2. The number of likely N-dealkylation sites (tertiary alicyclic amines) is 1. The molecule has 7 nitrogen and oxygen atoms in total. The third kappa shape index (κ3) is 6.02. The first-order valence-corrected chi connectivity index (χ1v) is 12.7. The van der Waals surface area contributed by atoms with Crippen LogP contribution in [0.15, 0.2) is 36.4 Å². The van der Waals surface area contributed by atoms with Crippen LogP contribution in [0.4, 0.5) is 11.8 Å². The zero-order valence-electron chi connectivity index (χ0n) is 20.0. The lowest BCUT2D eigenvalue weighted by molar-refractivity contribution is 0.0114. The Morgan fingerprint density at radius 1 is 0.909 bits per heavy atom. The van der Waals surface area contributed by atoms with Crippen LogP contribution in [0.2, 0.25) is 0 Å². The van der Waals surface area contributed by atoms with Gasteiger partial charge in [0.05, 0.1) is 13.2 Å². The summed E-state index contributed by atoms with van der Waals surface area (Å²) in [5.41, 5.74) is 2.44. The molecule has 0 saturated carbocycles. The fraction of sp³-hybridized carbons (Fsp3) is 0.615. The SMILES string of the molecule is Cc1cc(NC2CCN(Cc3ccccc3)CC2)nc(N2CCC(N3CCOCC3)CC2)n1. The minimum Gasteiger partial charge on any atom is -0.379 e. The largest absolute Gasteiger partial charge is 0.379 e. The maximum absolute atomic E-state index is 5.52. The van der Waals surface area contributed by atoms with Gasteiger partial charge in [0.15, 0.2) is 0 Å². The molecule has 0 atom stereocenters. The van der Waals surface area contributed by atoms with Gasteiger partial charge in [-0.05, 0) is 38.2 Å². The van der Waals surface area contributed by atoms with Gasteiger partial charge >= 0.3 is 0 Å². The Balaban J connectivity index is 1.13. The number of nitrogens with zero attached hydrogens (tertiary/aromatic N) is 5. The third-order valence-corrected chi connectivity index (χ3v) is 7.34. The van der Waals surface area contributed by atoms with E-state index in [0.717, 1.165) is 89.3 Å². The summed E-state index contributed by atoms with van der Waals surface area (Å²) in [6, 6.07) is 14.0. The minimum absolute atomic E-state index is 0.478. The van der Waals surface area contributed by atoms with Crippen LogP contribution in [0.3, 0.4) is 0 Å². The van der Waals surface area contributed by atoms with Crippen LogP contribution in [0.5, 0.6) is 0 Å². The Bertz CT molecular complexity index is 872. The molecular formula is C26H38N6O. The molecule has 0 amide bonds. The summed E-state index contributed by atoms with van der Waals surface area (Å²) < 4.78 is 5.52. The van der Waals surface area contributed by atoms with Gasteiger partial charge in [-0.15, -0.1) is 0 Å². The van der Waals surface area contributed by atoms with E-state index in [2.05, 4.69) is 63.3 Å². The highest BCUT2D eigenvalue weighted by Gasteiger charge is 2.27. The topological polar surface area (TPSA) is 56.8 Å². The zero-order valence-corrected chi connectivity index (χ0v) is 20.0. The first-order chi connectivity index (χ1) is 16.2. The van der Waals surface area contributed by atoms with E-state index in [-0.39, 0.29) is 0 Å². The summed E-state index contributed by atoms with van der Waals surface area (Å²) in [5.74, 6) is 1.87. The van der Waals surface area contributed by atoms with Gasteiger partial charge in [0.2, 0.25) is 5.95 Å². The first-order valence-electron chi connectivity index (χ1n) is 12.7. The fourth-order valence-electron chi connectivity index (χ4n) is 5.43. The van der Waals surface area contributed by atoms with Gasteiger partial charge in [0, 0.05) is 69.7 Å². The predicted octanol–water partition coefficient (Wildman–Crippen LogP) is 3.16. The normalized spacial score (nSPS) is 21.9. The van der Waals surface area contributed by atoms with E-state index in [4.69, 9.17) is 14.7 Å². The third-order valence-electron chi connectivity index (χ3n) is 7.34. The maximum atomic E-state index is 5.52. The smallest absolute Gasteiger partial charge is 0.227 e. The van der Waals surface area contributed by atoms with Gasteiger partial charge in [-0.25, -0.2) is 4.98 Å². The molecule has 0 radical (unpaired) electrons. The van der Waals surface area contributed by atoms with Gasteiger partial charge in [0.1, 0.15) is 5.82 Å². The lowest BCUT2D eigenvalue weighted by atomic mass is 10.0. The molecule has 0 spiro atoms. The Morgan fingerprint density at radius 2 is 1.64 bits per heavy atom. The van der Waals surface area contributed by atoms with Crippen molar-refractivity contribution in [3.05, 3.63) is 47.7 Å². The fourth-order valence-corrected chi connectivity index (χ4v) is 5.43. The second-order valence-corrected chi connectivity index (χ2v) is 9.74. The van der Waals surface area contributed by atoms with Crippen LogP contribution in [-0.4, -0.2) is 84.3 Å². The standard InChI is InChI=1S/C26H38N6O/c1-21-19-25(28-23-7-11-30(12-8-23)20-22-5-3-2-4-6-22)29-26(27-21)32-13-9-24(10-14-32)31-15-17-33-18-16-31/h2-6,19,23-24H,7-18,20H2,1H3,(H,27,28,29). The van der Waals surface area contributed by atoms with E-state index in [1.54, 1.807) is 0 Å². The highest BCUT2D eigenvalue weighted by atomic mass is 16.5. The molecule has 3 saturated heterocycles. The van der Waals surface area contributed by atoms with Crippen LogP contribution in [0.25, 0.3) is 0 Å². The molecule has 3 fully saturated rings. The van der Waals surface area contributed by atoms with E-state index in [9.17, 15) is 0 Å². The highest BCUT2D eigenvalue weighted by Crippen LogP contribution is 2.24. The van der Waals surface area contributed by atoms with Crippen LogP contribution in [0, 0.1) is 6.92 Å². The minimum atomic E-state index is 0.478. The number of aryl methyl sites for hydroxylation is 1. The summed E-state index contributed by atoms with van der Waals surface area (Å²) in [7, 11) is 0. The monoisotopic (exact) mass is 450 g/mol. The van der Waals surface area contributed by atoms with Crippen molar-refractivity contribution in [2.75, 3.05) is 62.7 Å². The summed E-state index contributed by atoms with van der Waals surface area (Å²) in [5, 5.41) is 3.72. The molecule has 3 aliphatic rings. The molecule has 5 rings (SSSR count). The molecule has 4 heterocycles. The average Bonchev–Trinajstić information content (AvgIpc) is 2.86. The van der Waals surface area contributed by atoms with Crippen molar-refractivity contribution in [1.82, 2.24) is 19.8 Å². The van der Waals surface area contributed by atoms with Gasteiger partial charge < -0.3 is 15.0 Å². The lowest BCUT2D eigenvalue weighted by Crippen LogP contribution is -2.49. The van der Waals surface area contributed by atoms with Crippen molar-refractivity contribution in [2.45, 2.75) is 51.2 Å². The van der Waals surface area contributed by atoms with Crippen molar-refractivity contribution < 1.29 is 4.74 Å². The molecule has 7 heteroatoms. The number of hydrogen-bond acceptors (Lipinski definition) is 7. The Morgan fingerprint density at radius 3 is 2.36 bits per heavy atom. The summed E-state index contributed by atoms with van der Waals surface area (Å²) in [6.45, 7) is 11.3. The lowest BCUT2D eigenvalue weighted by Gasteiger charge is -2.40. The first kappa shape index (κ1) is 22.6. The molecule has 1 aromatic carbocycles. The highest BCUT2D eigenvalue weighted by molar-refractivity contribution is 5.44. The zero-order chi connectivity index (χ0) is 22.5. The molecule has 2 aromatic rings. The summed E-state index contributed by atoms with van der Waals surface area (Å²) in [6.07, 6.45) is 4.66. The number of morpholine rings is 1. The van der Waals surface area contributed by atoms with E-state index in [1.165, 1.54) is 18.4 Å². The van der Waals surface area contributed by atoms with Crippen molar-refractivity contribution >= 4 is 11.8 Å². The molecule has 3 aliphatic heterocycles. The Labute approximate surface area is 198 Å². The second kappa shape index (κ2) is 10.8. The van der Waals surface area contributed by atoms with E-state index >= 15 is 0 Å². The van der Waals surface area contributed by atoms with Gasteiger partial charge in [-0.1, -0.05) is 30.3 Å². The van der Waals surface area contributed by atoms with Crippen molar-refractivity contribution in [3.63, 3.8) is 0 Å². The molecule has 1 aromatic heterocycles. The van der Waals surface area contributed by atoms with Crippen molar-refractivity contribution in [1.29, 1.82) is 0 Å². The van der Waals surface area contributed by atoms with Crippen LogP contribution < -0.4 is 10.2 Å². The molecule has 33 heavy (non-hydrogen) atoms. The number of hydrogen-bond donors (Lipinski definition) is 1. The van der Waals surface area contributed by atoms with Gasteiger partial charge in [-0.2, -0.15) is 4.98 Å². The molecule has 0 unspecified atom stereocenters. The maximum Gasteiger partial charge on any atom is 0.227 e.